The lowest BCUT2D eigenvalue weighted by Crippen LogP contribution is -2.35. The maximum Gasteiger partial charge on any atom is 0.762 e. The van der Waals surface area contributed by atoms with Crippen LogP contribution >= 0.6 is 0 Å². The summed E-state index contributed by atoms with van der Waals surface area (Å²) in [6, 6.07) is 9.74. The summed E-state index contributed by atoms with van der Waals surface area (Å²) < 4.78 is 283. The van der Waals surface area contributed by atoms with E-state index in [1.165, 1.54) is 39.2 Å². The number of alkyl halides is 18. The van der Waals surface area contributed by atoms with E-state index in [0.29, 0.717) is 54.6 Å². The molecule has 1 aromatic carbocycles. The number of benzene rings is 1. The fraction of sp³-hybridized carbons (Fsp3) is 0.377. The number of phenolic OH excluding ortho intramolecular Hbond substituents is 1. The van der Waals surface area contributed by atoms with E-state index in [-0.39, 0.29) is 38.5 Å². The predicted molar refractivity (Wildman–Crippen MR) is 274 cm³/mol. The Kier molecular flexibility index (Phi) is 40.6. The van der Waals surface area contributed by atoms with Crippen LogP contribution in [-0.2, 0) is 55.2 Å². The minimum atomic E-state index is -5.41. The predicted octanol–water partition coefficient (Wildman–Crippen LogP) is 15.7. The first kappa shape index (κ1) is 86.9. The van der Waals surface area contributed by atoms with Crippen molar-refractivity contribution in [2.24, 2.45) is 0 Å². The summed E-state index contributed by atoms with van der Waals surface area (Å²) in [5, 5.41) is 24.6. The van der Waals surface area contributed by atoms with E-state index in [4.69, 9.17) is 33.8 Å². The minimum absolute atomic E-state index is 0. The van der Waals surface area contributed by atoms with E-state index in [2.05, 4.69) is 14.2 Å². The number of hydrogen-bond donors (Lipinski definition) is 2. The Balaban J connectivity index is -0.000000499. The standard InChI is InChI=1S/2C13H10F6O3.C9H10O3.C7H6O3.C4F6.C4H10O.C2H3N.CH4.BF3/c1-2-21-8(20)4-6-11-5-3-7(22-11)9(12(14,15)16)10(11)13(17,18)19;1-2-22-9(21)6-4-7-3-5-8(20)11(13(17,18)19)10(7)12(14,15)16;1-2-11-9(10)6-5-8-4-3-7-12-8;8-7(9)4-3-6-2-1-5-10-6;5-3(6,7)1-2-4(8,9)10;1-3-5-4-2;1-2-3;;2-1(3)4/h3-7H,2H2,1H3;3-6,20H,2H2,1H3;3-7H,2H2,1H3;1-5H,(H,8,9);;3-4H2,1-2H3;1H3;1H4;/b2*6-4+;6-5+;4-3+;;;;;. The lowest BCUT2D eigenvalue weighted by molar-refractivity contribution is -0.163. The number of carbonyl (C=O) groups is 4. The number of carboxylic acid groups (broad SMARTS) is 1. The number of nitriles is 1. The normalized spacial score (nSPS) is 14.9. The molecule has 4 heterocycles. The number of phenols is 1. The summed E-state index contributed by atoms with van der Waals surface area (Å²) in [4.78, 5) is 43.0. The Morgan fingerprint density at radius 3 is 1.31 bits per heavy atom. The van der Waals surface area contributed by atoms with Crippen LogP contribution in [0.25, 0.3) is 18.2 Å². The van der Waals surface area contributed by atoms with Gasteiger partial charge in [-0.05, 0) is 101 Å². The van der Waals surface area contributed by atoms with Crippen LogP contribution in [0.5, 0.6) is 5.75 Å². The third kappa shape index (κ3) is 39.1. The number of halogens is 21. The van der Waals surface area contributed by atoms with Gasteiger partial charge in [0.2, 0.25) is 0 Å². The number of carboxylic acids is 1. The van der Waals surface area contributed by atoms with Crippen molar-refractivity contribution in [1.82, 2.24) is 0 Å². The Morgan fingerprint density at radius 1 is 0.607 bits per heavy atom. The van der Waals surface area contributed by atoms with Gasteiger partial charge in [0.1, 0.15) is 34.5 Å². The van der Waals surface area contributed by atoms with Gasteiger partial charge >= 0.3 is 68.5 Å². The van der Waals surface area contributed by atoms with Crippen LogP contribution in [0.3, 0.4) is 0 Å². The third-order valence-electron chi connectivity index (χ3n) is 8.50. The first-order valence-electron chi connectivity index (χ1n) is 23.7. The topological polar surface area (TPSA) is 205 Å². The highest BCUT2D eigenvalue weighted by Gasteiger charge is 2.63. The fourth-order valence-electron chi connectivity index (χ4n) is 5.71. The molecule has 5 rings (SSSR count). The highest BCUT2D eigenvalue weighted by molar-refractivity contribution is 6.33. The quantitative estimate of drug-likeness (QED) is 0.0311. The van der Waals surface area contributed by atoms with E-state index in [9.17, 15) is 111 Å². The van der Waals surface area contributed by atoms with Crippen LogP contribution in [-0.4, -0.2) is 111 Å². The molecule has 0 saturated heterocycles. The number of esters is 3. The number of hydrogen-bond acceptors (Lipinski definition) is 13. The Hall–Kier alpha value is -8.54. The lowest BCUT2D eigenvalue weighted by Gasteiger charge is -2.25. The molecule has 498 valence electrons. The second-order valence-electron chi connectivity index (χ2n) is 14.9. The van der Waals surface area contributed by atoms with Gasteiger partial charge < -0.3 is 42.7 Å². The Morgan fingerprint density at radius 2 is 1.00 bits per heavy atom. The van der Waals surface area contributed by atoms with Crippen LogP contribution in [0.15, 0.2) is 111 Å². The van der Waals surface area contributed by atoms with Gasteiger partial charge in [-0.1, -0.05) is 19.6 Å². The molecule has 0 radical (unpaired) electrons. The van der Waals surface area contributed by atoms with Crippen LogP contribution < -0.4 is 0 Å². The summed E-state index contributed by atoms with van der Waals surface area (Å²) in [6.07, 6.45) is -20.8. The minimum Gasteiger partial charge on any atom is -0.507 e. The Bertz CT molecular complexity index is 2840. The van der Waals surface area contributed by atoms with Gasteiger partial charge in [0.25, 0.3) is 0 Å². The summed E-state index contributed by atoms with van der Waals surface area (Å²) in [5.74, 6) is -3.49. The molecule has 0 aliphatic carbocycles. The number of ether oxygens (including phenoxy) is 5. The molecule has 2 aliphatic heterocycles. The average Bonchev–Trinajstić information content (AvgIpc) is 1.59. The van der Waals surface area contributed by atoms with Crippen LogP contribution in [0, 0.1) is 23.2 Å². The Labute approximate surface area is 493 Å². The molecule has 14 nitrogen and oxygen atoms in total. The zero-order valence-electron chi connectivity index (χ0n) is 45.9. The van der Waals surface area contributed by atoms with E-state index in [1.807, 2.05) is 13.8 Å². The fourth-order valence-corrected chi connectivity index (χ4v) is 5.71. The maximum atomic E-state index is 13.1. The number of furan rings is 2. The largest absolute Gasteiger partial charge is 0.762 e. The second-order valence-corrected chi connectivity index (χ2v) is 14.9. The summed E-state index contributed by atoms with van der Waals surface area (Å²) in [6.45, 7) is 12.1. The molecule has 36 heteroatoms. The van der Waals surface area contributed by atoms with E-state index < -0.39 is 108 Å². The summed E-state index contributed by atoms with van der Waals surface area (Å²) in [5.41, 5.74) is -11.3. The van der Waals surface area contributed by atoms with Crippen LogP contribution in [0.4, 0.5) is 92.0 Å². The number of rotatable bonds is 13. The number of nitrogens with zero attached hydrogens (tertiary/aromatic N) is 1. The maximum absolute atomic E-state index is 13.1. The molecule has 2 N–H and O–H groups in total. The van der Waals surface area contributed by atoms with Crippen molar-refractivity contribution in [2.45, 2.75) is 97.7 Å². The van der Waals surface area contributed by atoms with E-state index in [0.717, 1.165) is 31.4 Å². The summed E-state index contributed by atoms with van der Waals surface area (Å²) >= 11 is 0. The molecule has 3 aromatic rings. The molecule has 2 aliphatic rings. The highest BCUT2D eigenvalue weighted by Crippen LogP contribution is 2.55. The number of aromatic hydroxyl groups is 1. The zero-order valence-corrected chi connectivity index (χ0v) is 45.9. The van der Waals surface area contributed by atoms with Gasteiger partial charge in [0.15, 0.2) is 0 Å². The highest BCUT2D eigenvalue weighted by atomic mass is 19.4. The van der Waals surface area contributed by atoms with Crippen LogP contribution in [0.2, 0.25) is 0 Å². The monoisotopic (exact) mass is 1320 g/mol. The molecule has 0 amide bonds. The average molecular weight is 1320 g/mol. The smallest absolute Gasteiger partial charge is 0.507 e. The molecule has 2 bridgehead atoms. The zero-order chi connectivity index (χ0) is 68.9. The second kappa shape index (κ2) is 41.6. The van der Waals surface area contributed by atoms with Crippen LogP contribution in [0.1, 0.15) is 77.2 Å². The first-order valence-corrected chi connectivity index (χ1v) is 23.7. The lowest BCUT2D eigenvalue weighted by atomic mass is 9.85. The number of fused-ring (bicyclic) bond motifs is 2. The molecule has 0 fully saturated rings. The van der Waals surface area contributed by atoms with Gasteiger partial charge in [-0.2, -0.15) is 84.3 Å². The van der Waals surface area contributed by atoms with Crippen molar-refractivity contribution in [3.05, 3.63) is 131 Å². The van der Waals surface area contributed by atoms with Crippen molar-refractivity contribution in [3.63, 3.8) is 0 Å². The third-order valence-corrected chi connectivity index (χ3v) is 8.50. The molecular formula is C53H53BF21NO13. The molecule has 0 saturated carbocycles. The molecule has 89 heavy (non-hydrogen) atoms. The number of aliphatic carboxylic acids is 1. The van der Waals surface area contributed by atoms with Crippen molar-refractivity contribution >= 4 is 49.6 Å². The van der Waals surface area contributed by atoms with Crippen molar-refractivity contribution in [1.29, 1.82) is 5.26 Å². The summed E-state index contributed by atoms with van der Waals surface area (Å²) in [7, 11) is -3.67. The first-order chi connectivity index (χ1) is 40.4. The number of carbonyl (C=O) groups excluding carboxylic acids is 3. The van der Waals surface area contributed by atoms with E-state index >= 15 is 0 Å². The van der Waals surface area contributed by atoms with Gasteiger partial charge in [-0.25, -0.2) is 19.2 Å². The van der Waals surface area contributed by atoms with Crippen molar-refractivity contribution < 1.29 is 154 Å². The molecule has 2 unspecified atom stereocenters. The van der Waals surface area contributed by atoms with Gasteiger partial charge in [-0.3, -0.25) is 12.9 Å². The molecule has 2 atom stereocenters. The molecule has 2 aromatic heterocycles. The van der Waals surface area contributed by atoms with Gasteiger partial charge in [0, 0.05) is 56.3 Å². The van der Waals surface area contributed by atoms with Gasteiger partial charge in [0.05, 0.1) is 55.1 Å². The van der Waals surface area contributed by atoms with E-state index in [1.54, 1.807) is 49.6 Å². The van der Waals surface area contributed by atoms with Gasteiger partial charge in [-0.15, -0.1) is 0 Å². The molecule has 0 spiro atoms. The van der Waals surface area contributed by atoms with Crippen molar-refractivity contribution in [2.75, 3.05) is 33.0 Å². The SMILES string of the molecule is C.CC#N.CCOC(=O)/C=C/C12C=CC(O1)C(C(F)(F)F)=C2C(F)(F)F.CCOC(=O)/C=C/c1ccc(O)c(C(F)(F)F)c1C(F)(F)F.CCOC(=O)/C=C/c1ccco1.CCOCC.FB(F)F.FC(F)(F)C#CC(F)(F)F.O=C(O)/C=C/c1ccco1. The molecular weight excluding hydrogens is 1270 g/mol. The van der Waals surface area contributed by atoms with Crippen molar-refractivity contribution in [3.8, 4) is 23.7 Å².